The Balaban J connectivity index is 2.54. The SMILES string of the molecule is C=CCS(C)(C)c1ccc(CCCOPI)cc1. The smallest absolute Gasteiger partial charge is 0.0793 e. The van der Waals surface area contributed by atoms with Crippen LogP contribution in [-0.2, 0) is 10.9 Å². The molecule has 18 heavy (non-hydrogen) atoms. The van der Waals surface area contributed by atoms with Crippen LogP contribution in [0.1, 0.15) is 12.0 Å². The van der Waals surface area contributed by atoms with Gasteiger partial charge in [0.25, 0.3) is 0 Å². The number of hydrogen-bond donors (Lipinski definition) is 0. The minimum absolute atomic E-state index is 0.579. The fraction of sp³-hybridized carbons (Fsp3) is 0.429. The van der Waals surface area contributed by atoms with Gasteiger partial charge in [0.15, 0.2) is 0 Å². The number of benzene rings is 1. The van der Waals surface area contributed by atoms with Crippen LogP contribution in [0, 0.1) is 0 Å². The van der Waals surface area contributed by atoms with E-state index in [4.69, 9.17) is 4.52 Å². The van der Waals surface area contributed by atoms with Crippen LogP contribution in [0.15, 0.2) is 41.8 Å². The van der Waals surface area contributed by atoms with Gasteiger partial charge in [0.1, 0.15) is 0 Å². The van der Waals surface area contributed by atoms with Crippen molar-refractivity contribution in [1.29, 1.82) is 0 Å². The average Bonchev–Trinajstić information content (AvgIpc) is 2.35. The summed E-state index contributed by atoms with van der Waals surface area (Å²) in [6.07, 6.45) is 8.94. The van der Waals surface area contributed by atoms with E-state index < -0.39 is 10.0 Å². The molecule has 0 spiro atoms. The van der Waals surface area contributed by atoms with Crippen LogP contribution in [0.2, 0.25) is 0 Å². The lowest BCUT2D eigenvalue weighted by molar-refractivity contribution is 0.362. The van der Waals surface area contributed by atoms with Gasteiger partial charge in [-0.05, 0) is 75.7 Å². The van der Waals surface area contributed by atoms with Gasteiger partial charge in [0, 0.05) is 0 Å². The molecule has 0 saturated carbocycles. The second-order valence-corrected chi connectivity index (χ2v) is 10.3. The summed E-state index contributed by atoms with van der Waals surface area (Å²) in [7, 11) is -0.699. The molecular formula is C14H22IOPS. The van der Waals surface area contributed by atoms with E-state index in [2.05, 4.69) is 65.4 Å². The summed E-state index contributed by atoms with van der Waals surface area (Å²) in [5.41, 5.74) is 1.41. The van der Waals surface area contributed by atoms with Gasteiger partial charge in [-0.25, -0.2) is 10.0 Å². The molecule has 0 fully saturated rings. The lowest BCUT2D eigenvalue weighted by atomic mass is 10.1. The monoisotopic (exact) mass is 396 g/mol. The van der Waals surface area contributed by atoms with Gasteiger partial charge in [-0.2, -0.15) is 0 Å². The van der Waals surface area contributed by atoms with Gasteiger partial charge in [0.05, 0.1) is 13.1 Å². The topological polar surface area (TPSA) is 9.23 Å². The van der Waals surface area contributed by atoms with Gasteiger partial charge in [0.2, 0.25) is 0 Å². The van der Waals surface area contributed by atoms with Crippen molar-refractivity contribution in [2.24, 2.45) is 0 Å². The van der Waals surface area contributed by atoms with Crippen LogP contribution in [-0.4, -0.2) is 24.9 Å². The first-order valence-electron chi connectivity index (χ1n) is 5.98. The van der Waals surface area contributed by atoms with Crippen LogP contribution < -0.4 is 0 Å². The Bertz CT molecular complexity index is 365. The highest BCUT2D eigenvalue weighted by Gasteiger charge is 2.12. The molecule has 0 bridgehead atoms. The lowest BCUT2D eigenvalue weighted by Gasteiger charge is -2.30. The summed E-state index contributed by atoms with van der Waals surface area (Å²) in [5, 5.41) is 0. The van der Waals surface area contributed by atoms with Gasteiger partial charge >= 0.3 is 0 Å². The molecule has 102 valence electrons. The van der Waals surface area contributed by atoms with Crippen LogP contribution >= 0.6 is 38.5 Å². The highest BCUT2D eigenvalue weighted by Crippen LogP contribution is 2.48. The van der Waals surface area contributed by atoms with E-state index in [0.717, 1.165) is 25.2 Å². The third-order valence-corrected chi connectivity index (χ3v) is 6.73. The molecule has 1 aromatic carbocycles. The second kappa shape index (κ2) is 8.57. The Morgan fingerprint density at radius 3 is 2.56 bits per heavy atom. The number of rotatable bonds is 8. The minimum atomic E-state index is -0.699. The summed E-state index contributed by atoms with van der Waals surface area (Å²) in [5.74, 6) is 1.09. The fourth-order valence-corrected chi connectivity index (χ4v) is 4.34. The van der Waals surface area contributed by atoms with E-state index in [0.29, 0.717) is 6.45 Å². The maximum atomic E-state index is 5.37. The third kappa shape index (κ3) is 5.60. The van der Waals surface area contributed by atoms with Crippen molar-refractivity contribution in [2.75, 3.05) is 24.9 Å². The number of hydrogen-bond acceptors (Lipinski definition) is 1. The maximum absolute atomic E-state index is 5.37. The zero-order chi connectivity index (χ0) is 13.4. The molecule has 1 unspecified atom stereocenters. The Kier molecular flexibility index (Phi) is 7.85. The molecule has 0 saturated heterocycles. The van der Waals surface area contributed by atoms with Crippen molar-refractivity contribution in [3.05, 3.63) is 42.5 Å². The molecule has 4 heteroatoms. The maximum Gasteiger partial charge on any atom is 0.0793 e. The molecule has 0 aliphatic carbocycles. The lowest BCUT2D eigenvalue weighted by Crippen LogP contribution is -2.00. The van der Waals surface area contributed by atoms with Crippen molar-refractivity contribution in [3.63, 3.8) is 0 Å². The molecule has 1 atom stereocenters. The predicted octanol–water partition coefficient (Wildman–Crippen LogP) is 5.19. The first-order valence-corrected chi connectivity index (χ1v) is 12.6. The van der Waals surface area contributed by atoms with Crippen LogP contribution in [0.3, 0.4) is 0 Å². The molecular weight excluding hydrogens is 374 g/mol. The molecule has 0 N–H and O–H groups in total. The molecule has 0 aliphatic heterocycles. The molecule has 1 aromatic rings. The first-order chi connectivity index (χ1) is 8.60. The van der Waals surface area contributed by atoms with E-state index in [-0.39, 0.29) is 0 Å². The zero-order valence-corrected chi connectivity index (χ0v) is 15.1. The summed E-state index contributed by atoms with van der Waals surface area (Å²) in [6.45, 7) is 5.30. The highest BCUT2D eigenvalue weighted by molar-refractivity contribution is 14.2. The summed E-state index contributed by atoms with van der Waals surface area (Å²) in [6, 6.07) is 9.10. The molecule has 0 aliphatic rings. The van der Waals surface area contributed by atoms with E-state index in [1.54, 1.807) is 0 Å². The Labute approximate surface area is 127 Å². The first kappa shape index (κ1) is 16.5. The molecule has 1 nitrogen and oxygen atoms in total. The third-order valence-electron chi connectivity index (χ3n) is 2.86. The molecule has 0 amide bonds. The quantitative estimate of drug-likeness (QED) is 0.254. The van der Waals surface area contributed by atoms with E-state index in [9.17, 15) is 0 Å². The van der Waals surface area contributed by atoms with Gasteiger partial charge < -0.3 is 4.52 Å². The van der Waals surface area contributed by atoms with Crippen molar-refractivity contribution < 1.29 is 4.52 Å². The van der Waals surface area contributed by atoms with Crippen molar-refractivity contribution >= 4 is 38.5 Å². The average molecular weight is 396 g/mol. The molecule has 0 radical (unpaired) electrons. The van der Waals surface area contributed by atoms with E-state index >= 15 is 0 Å². The van der Waals surface area contributed by atoms with Crippen molar-refractivity contribution in [2.45, 2.75) is 17.7 Å². The standard InChI is InChI=1S/C14H22IOPS/c1-4-12-18(2,3)14-9-7-13(8-10-14)6-5-11-16-17-15/h4,7-10,17H,1,5-6,11-12H2,2-3H3. The van der Waals surface area contributed by atoms with Gasteiger partial charge in [-0.3, -0.25) is 0 Å². The Hall–Kier alpha value is 0.430. The molecule has 0 aromatic heterocycles. The van der Waals surface area contributed by atoms with Crippen LogP contribution in [0.5, 0.6) is 0 Å². The number of halogens is 1. The Morgan fingerprint density at radius 1 is 1.33 bits per heavy atom. The Morgan fingerprint density at radius 2 is 2.00 bits per heavy atom. The largest absolute Gasteiger partial charge is 0.352 e. The van der Waals surface area contributed by atoms with E-state index in [1.165, 1.54) is 10.5 Å². The van der Waals surface area contributed by atoms with Gasteiger partial charge in [-0.1, -0.05) is 18.2 Å². The summed E-state index contributed by atoms with van der Waals surface area (Å²) in [4.78, 5) is 1.47. The zero-order valence-electron chi connectivity index (χ0n) is 11.1. The van der Waals surface area contributed by atoms with Crippen molar-refractivity contribution in [3.8, 4) is 0 Å². The number of aryl methyl sites for hydroxylation is 1. The van der Waals surface area contributed by atoms with Crippen LogP contribution in [0.4, 0.5) is 0 Å². The predicted molar refractivity (Wildman–Crippen MR) is 95.8 cm³/mol. The summed E-state index contributed by atoms with van der Waals surface area (Å²) < 4.78 is 5.37. The highest BCUT2D eigenvalue weighted by atomic mass is 127. The minimum Gasteiger partial charge on any atom is -0.352 e. The fourth-order valence-electron chi connectivity index (χ4n) is 1.80. The van der Waals surface area contributed by atoms with Gasteiger partial charge in [-0.15, -0.1) is 6.58 Å². The van der Waals surface area contributed by atoms with Crippen molar-refractivity contribution in [1.82, 2.24) is 0 Å². The summed E-state index contributed by atoms with van der Waals surface area (Å²) >= 11 is 2.26. The molecule has 0 heterocycles. The van der Waals surface area contributed by atoms with Crippen LogP contribution in [0.25, 0.3) is 0 Å². The van der Waals surface area contributed by atoms with E-state index in [1.807, 2.05) is 6.08 Å². The molecule has 1 rings (SSSR count). The normalized spacial score (nSPS) is 13.1. The second-order valence-electron chi connectivity index (χ2n) is 4.67.